The maximum absolute atomic E-state index is 10.7. The molecule has 1 aromatic heterocycles. The molecular formula is C7H9N3O2S. The standard InChI is InChI=1S/C7H9N3O2S/c11-7(12)6-5(8-10-9-6)4-2-1-3-13-4/h4H,1-3H2,(H,11,12)(H,8,9,10). The number of aromatic amines is 1. The van der Waals surface area contributed by atoms with Crippen molar-refractivity contribution in [3.63, 3.8) is 0 Å². The first-order valence-corrected chi connectivity index (χ1v) is 5.09. The largest absolute Gasteiger partial charge is 0.476 e. The molecule has 1 aromatic rings. The Morgan fingerprint density at radius 1 is 1.62 bits per heavy atom. The van der Waals surface area contributed by atoms with E-state index in [0.29, 0.717) is 5.69 Å². The molecule has 1 unspecified atom stereocenters. The lowest BCUT2D eigenvalue weighted by Gasteiger charge is -2.03. The van der Waals surface area contributed by atoms with Crippen LogP contribution in [0.5, 0.6) is 0 Å². The summed E-state index contributed by atoms with van der Waals surface area (Å²) in [5, 5.41) is 18.9. The Balaban J connectivity index is 2.28. The Kier molecular flexibility index (Phi) is 2.22. The summed E-state index contributed by atoms with van der Waals surface area (Å²) in [6.07, 6.45) is 2.12. The molecule has 70 valence electrons. The highest BCUT2D eigenvalue weighted by Gasteiger charge is 2.26. The van der Waals surface area contributed by atoms with Gasteiger partial charge in [0.1, 0.15) is 5.69 Å². The van der Waals surface area contributed by atoms with Gasteiger partial charge < -0.3 is 5.11 Å². The lowest BCUT2D eigenvalue weighted by molar-refractivity contribution is 0.0689. The van der Waals surface area contributed by atoms with E-state index in [4.69, 9.17) is 5.11 Å². The van der Waals surface area contributed by atoms with Gasteiger partial charge in [-0.1, -0.05) is 0 Å². The van der Waals surface area contributed by atoms with Crippen LogP contribution in [0, 0.1) is 0 Å². The van der Waals surface area contributed by atoms with Crippen LogP contribution in [-0.4, -0.2) is 32.2 Å². The lowest BCUT2D eigenvalue weighted by Crippen LogP contribution is -2.03. The molecule has 0 radical (unpaired) electrons. The van der Waals surface area contributed by atoms with Gasteiger partial charge in [-0.05, 0) is 18.6 Å². The van der Waals surface area contributed by atoms with Crippen molar-refractivity contribution >= 4 is 17.7 Å². The third-order valence-corrected chi connectivity index (χ3v) is 3.40. The summed E-state index contributed by atoms with van der Waals surface area (Å²) in [6.45, 7) is 0. The Labute approximate surface area is 78.9 Å². The molecule has 0 amide bonds. The van der Waals surface area contributed by atoms with E-state index in [2.05, 4.69) is 15.4 Å². The predicted molar refractivity (Wildman–Crippen MR) is 47.8 cm³/mol. The summed E-state index contributed by atoms with van der Waals surface area (Å²) in [7, 11) is 0. The van der Waals surface area contributed by atoms with Crippen molar-refractivity contribution in [3.8, 4) is 0 Å². The van der Waals surface area contributed by atoms with Gasteiger partial charge in [-0.3, -0.25) is 0 Å². The van der Waals surface area contributed by atoms with E-state index in [0.717, 1.165) is 18.6 Å². The number of aromatic nitrogens is 3. The van der Waals surface area contributed by atoms with Crippen LogP contribution in [0.2, 0.25) is 0 Å². The van der Waals surface area contributed by atoms with Crippen molar-refractivity contribution in [2.45, 2.75) is 18.1 Å². The number of nitrogens with zero attached hydrogens (tertiary/aromatic N) is 2. The smallest absolute Gasteiger partial charge is 0.358 e. The highest BCUT2D eigenvalue weighted by molar-refractivity contribution is 7.99. The second-order valence-electron chi connectivity index (χ2n) is 2.86. The number of carboxylic acid groups (broad SMARTS) is 1. The maximum Gasteiger partial charge on any atom is 0.358 e. The third-order valence-electron chi connectivity index (χ3n) is 2.01. The van der Waals surface area contributed by atoms with Crippen molar-refractivity contribution in [2.75, 3.05) is 5.75 Å². The molecule has 0 aromatic carbocycles. The average molecular weight is 199 g/mol. The Hall–Kier alpha value is -1.04. The monoisotopic (exact) mass is 199 g/mol. The van der Waals surface area contributed by atoms with Crippen molar-refractivity contribution in [1.82, 2.24) is 15.4 Å². The first-order valence-electron chi connectivity index (χ1n) is 4.04. The Bertz CT molecular complexity index is 319. The van der Waals surface area contributed by atoms with Crippen LogP contribution in [-0.2, 0) is 0 Å². The number of thioether (sulfide) groups is 1. The highest BCUT2D eigenvalue weighted by atomic mass is 32.2. The predicted octanol–water partition coefficient (Wildman–Crippen LogP) is 1.07. The summed E-state index contributed by atoms with van der Waals surface area (Å²) in [5.74, 6) is 0.0765. The number of hydrogen-bond acceptors (Lipinski definition) is 4. The van der Waals surface area contributed by atoms with Crippen molar-refractivity contribution < 1.29 is 9.90 Å². The minimum atomic E-state index is -1.00. The number of rotatable bonds is 2. The zero-order valence-electron chi connectivity index (χ0n) is 6.86. The first kappa shape index (κ1) is 8.55. The van der Waals surface area contributed by atoms with E-state index >= 15 is 0 Å². The fourth-order valence-corrected chi connectivity index (χ4v) is 2.69. The van der Waals surface area contributed by atoms with E-state index in [1.54, 1.807) is 11.8 Å². The second kappa shape index (κ2) is 3.37. The van der Waals surface area contributed by atoms with E-state index in [-0.39, 0.29) is 10.9 Å². The van der Waals surface area contributed by atoms with Crippen LogP contribution in [0.25, 0.3) is 0 Å². The molecule has 2 N–H and O–H groups in total. The Morgan fingerprint density at radius 3 is 3.08 bits per heavy atom. The quantitative estimate of drug-likeness (QED) is 0.744. The van der Waals surface area contributed by atoms with Crippen LogP contribution in [0.1, 0.15) is 34.3 Å². The fourth-order valence-electron chi connectivity index (χ4n) is 1.41. The number of H-pyrrole nitrogens is 1. The summed E-state index contributed by atoms with van der Waals surface area (Å²) in [5.41, 5.74) is 0.661. The minimum Gasteiger partial charge on any atom is -0.476 e. The minimum absolute atomic E-state index is 0.0689. The Morgan fingerprint density at radius 2 is 2.46 bits per heavy atom. The van der Waals surface area contributed by atoms with E-state index < -0.39 is 5.97 Å². The molecule has 2 heterocycles. The molecule has 0 saturated carbocycles. The molecule has 1 aliphatic heterocycles. The highest BCUT2D eigenvalue weighted by Crippen LogP contribution is 2.39. The molecule has 0 bridgehead atoms. The van der Waals surface area contributed by atoms with Gasteiger partial charge in [0.15, 0.2) is 5.69 Å². The number of hydrogen-bond donors (Lipinski definition) is 2. The molecular weight excluding hydrogens is 190 g/mol. The third kappa shape index (κ3) is 1.53. The van der Waals surface area contributed by atoms with E-state index in [1.807, 2.05) is 0 Å². The van der Waals surface area contributed by atoms with E-state index in [9.17, 15) is 4.79 Å². The molecule has 1 saturated heterocycles. The normalized spacial score (nSPS) is 22.0. The van der Waals surface area contributed by atoms with Gasteiger partial charge in [-0.25, -0.2) is 4.79 Å². The zero-order valence-corrected chi connectivity index (χ0v) is 7.67. The fraction of sp³-hybridized carbons (Fsp3) is 0.571. The van der Waals surface area contributed by atoms with E-state index in [1.165, 1.54) is 0 Å². The van der Waals surface area contributed by atoms with Gasteiger partial charge in [0.05, 0.1) is 5.25 Å². The van der Waals surface area contributed by atoms with Crippen molar-refractivity contribution in [3.05, 3.63) is 11.4 Å². The SMILES string of the molecule is O=C(O)c1n[nH]nc1C1CCCS1. The molecule has 5 nitrogen and oxygen atoms in total. The van der Waals surface area contributed by atoms with Crippen LogP contribution in [0.3, 0.4) is 0 Å². The van der Waals surface area contributed by atoms with Crippen molar-refractivity contribution in [1.29, 1.82) is 0 Å². The van der Waals surface area contributed by atoms with Gasteiger partial charge in [0, 0.05) is 0 Å². The summed E-state index contributed by atoms with van der Waals surface area (Å²) in [4.78, 5) is 10.7. The number of carboxylic acids is 1. The van der Waals surface area contributed by atoms with Gasteiger partial charge >= 0.3 is 5.97 Å². The van der Waals surface area contributed by atoms with Crippen LogP contribution < -0.4 is 0 Å². The average Bonchev–Trinajstić information content (AvgIpc) is 2.74. The topological polar surface area (TPSA) is 78.9 Å². The molecule has 0 spiro atoms. The first-order chi connectivity index (χ1) is 6.29. The van der Waals surface area contributed by atoms with Crippen LogP contribution in [0.4, 0.5) is 0 Å². The molecule has 1 fully saturated rings. The van der Waals surface area contributed by atoms with Crippen LogP contribution >= 0.6 is 11.8 Å². The second-order valence-corrected chi connectivity index (χ2v) is 4.17. The molecule has 0 aliphatic carbocycles. The number of aromatic carboxylic acids is 1. The summed E-state index contributed by atoms with van der Waals surface area (Å²) < 4.78 is 0. The van der Waals surface area contributed by atoms with Crippen LogP contribution in [0.15, 0.2) is 0 Å². The van der Waals surface area contributed by atoms with Crippen molar-refractivity contribution in [2.24, 2.45) is 0 Å². The molecule has 13 heavy (non-hydrogen) atoms. The maximum atomic E-state index is 10.7. The van der Waals surface area contributed by atoms with Gasteiger partial charge in [-0.15, -0.1) is 5.10 Å². The van der Waals surface area contributed by atoms with Gasteiger partial charge in [-0.2, -0.15) is 22.1 Å². The number of carbonyl (C=O) groups is 1. The zero-order chi connectivity index (χ0) is 9.26. The van der Waals surface area contributed by atoms with Gasteiger partial charge in [0.2, 0.25) is 0 Å². The molecule has 6 heteroatoms. The van der Waals surface area contributed by atoms with Gasteiger partial charge in [0.25, 0.3) is 0 Å². The summed E-state index contributed by atoms with van der Waals surface area (Å²) >= 11 is 1.75. The molecule has 1 atom stereocenters. The molecule has 1 aliphatic rings. The lowest BCUT2D eigenvalue weighted by atomic mass is 10.1. The summed E-state index contributed by atoms with van der Waals surface area (Å²) in [6, 6.07) is 0. The number of nitrogens with one attached hydrogen (secondary N) is 1. The molecule has 2 rings (SSSR count).